The summed E-state index contributed by atoms with van der Waals surface area (Å²) in [5, 5.41) is 3.57. The van der Waals surface area contributed by atoms with Crippen LogP contribution in [0.3, 0.4) is 0 Å². The lowest BCUT2D eigenvalue weighted by molar-refractivity contribution is 0.236. The monoisotopic (exact) mass is 267 g/mol. The van der Waals surface area contributed by atoms with E-state index in [2.05, 4.69) is 5.32 Å². The van der Waals surface area contributed by atoms with Crippen LogP contribution >= 0.6 is 11.6 Å². The Balaban J connectivity index is 2.18. The quantitative estimate of drug-likeness (QED) is 0.882. The van der Waals surface area contributed by atoms with Crippen LogP contribution in [-0.2, 0) is 0 Å². The summed E-state index contributed by atoms with van der Waals surface area (Å²) in [4.78, 5) is 13.6. The van der Waals surface area contributed by atoms with E-state index in [1.54, 1.807) is 4.90 Å². The second-order valence-electron chi connectivity index (χ2n) is 4.67. The van der Waals surface area contributed by atoms with Gasteiger partial charge in [0.15, 0.2) is 0 Å². The molecule has 1 atom stereocenters. The Morgan fingerprint density at radius 1 is 1.56 bits per heavy atom. The molecule has 0 aromatic heterocycles. The van der Waals surface area contributed by atoms with Crippen molar-refractivity contribution >= 4 is 23.3 Å². The first-order valence-electron chi connectivity index (χ1n) is 6.13. The highest BCUT2D eigenvalue weighted by Crippen LogP contribution is 2.25. The summed E-state index contributed by atoms with van der Waals surface area (Å²) in [5.41, 5.74) is 7.42. The first kappa shape index (κ1) is 13.2. The van der Waals surface area contributed by atoms with Gasteiger partial charge in [-0.1, -0.05) is 17.7 Å². The molecule has 0 spiro atoms. The van der Waals surface area contributed by atoms with Crippen LogP contribution in [0.25, 0.3) is 0 Å². The molecule has 1 aromatic rings. The molecule has 0 bridgehead atoms. The van der Waals surface area contributed by atoms with Gasteiger partial charge in [-0.05, 0) is 43.5 Å². The van der Waals surface area contributed by atoms with E-state index in [0.29, 0.717) is 30.6 Å². The molecule has 0 aliphatic carbocycles. The van der Waals surface area contributed by atoms with Crippen LogP contribution in [0.4, 0.5) is 10.5 Å². The lowest BCUT2D eigenvalue weighted by atomic mass is 10.0. The van der Waals surface area contributed by atoms with Gasteiger partial charge in [-0.15, -0.1) is 0 Å². The summed E-state index contributed by atoms with van der Waals surface area (Å²) in [6, 6.07) is 5.62. The summed E-state index contributed by atoms with van der Waals surface area (Å²) in [7, 11) is 0. The number of hydrogen-bond donors (Lipinski definition) is 2. The van der Waals surface area contributed by atoms with Gasteiger partial charge in [0.2, 0.25) is 0 Å². The minimum atomic E-state index is -0.0665. The van der Waals surface area contributed by atoms with Gasteiger partial charge in [0.05, 0.1) is 0 Å². The van der Waals surface area contributed by atoms with E-state index in [1.165, 1.54) is 0 Å². The summed E-state index contributed by atoms with van der Waals surface area (Å²) >= 11 is 6.10. The van der Waals surface area contributed by atoms with Crippen LogP contribution in [-0.4, -0.2) is 25.7 Å². The number of hydrogen-bond acceptors (Lipinski definition) is 2. The molecule has 1 aromatic carbocycles. The summed E-state index contributed by atoms with van der Waals surface area (Å²) in [6.07, 6.45) is 0.913. The van der Waals surface area contributed by atoms with Crippen molar-refractivity contribution in [3.8, 4) is 0 Å². The van der Waals surface area contributed by atoms with Crippen LogP contribution < -0.4 is 16.0 Å². The van der Waals surface area contributed by atoms with Crippen molar-refractivity contribution in [2.45, 2.75) is 13.3 Å². The number of anilines is 1. The van der Waals surface area contributed by atoms with Gasteiger partial charge in [0, 0.05) is 23.8 Å². The first-order chi connectivity index (χ1) is 8.61. The molecule has 1 aliphatic rings. The van der Waals surface area contributed by atoms with Crippen LogP contribution in [0.5, 0.6) is 0 Å². The number of carbonyl (C=O) groups is 1. The zero-order valence-electron chi connectivity index (χ0n) is 10.4. The molecule has 4 nitrogen and oxygen atoms in total. The second-order valence-corrected chi connectivity index (χ2v) is 5.08. The highest BCUT2D eigenvalue weighted by atomic mass is 35.5. The Kier molecular flexibility index (Phi) is 4.09. The number of aryl methyl sites for hydroxylation is 1. The fourth-order valence-electron chi connectivity index (χ4n) is 2.13. The topological polar surface area (TPSA) is 58.4 Å². The van der Waals surface area contributed by atoms with Gasteiger partial charge < -0.3 is 11.1 Å². The third-order valence-corrected chi connectivity index (χ3v) is 3.68. The lowest BCUT2D eigenvalue weighted by Gasteiger charge is -2.33. The largest absolute Gasteiger partial charge is 0.337 e. The normalized spacial score (nSPS) is 19.8. The average molecular weight is 268 g/mol. The first-order valence-corrected chi connectivity index (χ1v) is 6.51. The number of nitrogens with two attached hydrogens (primary N) is 1. The number of benzene rings is 1. The number of halogens is 1. The third-order valence-electron chi connectivity index (χ3n) is 3.27. The van der Waals surface area contributed by atoms with Gasteiger partial charge in [-0.25, -0.2) is 4.79 Å². The lowest BCUT2D eigenvalue weighted by Crippen LogP contribution is -2.51. The number of amides is 2. The Morgan fingerprint density at radius 2 is 2.33 bits per heavy atom. The third kappa shape index (κ3) is 2.76. The molecule has 98 valence electrons. The van der Waals surface area contributed by atoms with Crippen LogP contribution in [0, 0.1) is 12.8 Å². The molecule has 1 fully saturated rings. The number of urea groups is 1. The molecule has 18 heavy (non-hydrogen) atoms. The smallest absolute Gasteiger partial charge is 0.321 e. The maximum atomic E-state index is 11.9. The average Bonchev–Trinajstić information content (AvgIpc) is 2.35. The number of nitrogens with zero attached hydrogens (tertiary/aromatic N) is 1. The maximum absolute atomic E-state index is 11.9. The Hall–Kier alpha value is -1.26. The summed E-state index contributed by atoms with van der Waals surface area (Å²) < 4.78 is 0. The van der Waals surface area contributed by atoms with Crippen molar-refractivity contribution < 1.29 is 4.79 Å². The predicted molar refractivity (Wildman–Crippen MR) is 74.1 cm³/mol. The molecular weight excluding hydrogens is 250 g/mol. The van der Waals surface area contributed by atoms with Gasteiger partial charge in [0.1, 0.15) is 0 Å². The standard InChI is InChI=1S/C13H18ClN3O/c1-9-2-3-11(6-12(9)14)17-8-10(4-5-15)7-16-13(17)18/h2-3,6,10H,4-5,7-8,15H2,1H3,(H,16,18). The molecule has 2 amide bonds. The van der Waals surface area contributed by atoms with Crippen molar-refractivity contribution in [3.63, 3.8) is 0 Å². The number of nitrogens with one attached hydrogen (secondary N) is 1. The summed E-state index contributed by atoms with van der Waals surface area (Å²) in [5.74, 6) is 0.396. The number of rotatable bonds is 3. The Labute approximate surface area is 112 Å². The number of carbonyl (C=O) groups excluding carboxylic acids is 1. The van der Waals surface area contributed by atoms with E-state index in [1.807, 2.05) is 25.1 Å². The fraction of sp³-hybridized carbons (Fsp3) is 0.462. The van der Waals surface area contributed by atoms with Crippen molar-refractivity contribution in [2.75, 3.05) is 24.5 Å². The van der Waals surface area contributed by atoms with Crippen LogP contribution in [0.2, 0.25) is 5.02 Å². The van der Waals surface area contributed by atoms with Crippen LogP contribution in [0.15, 0.2) is 18.2 Å². The van der Waals surface area contributed by atoms with E-state index < -0.39 is 0 Å². The highest BCUT2D eigenvalue weighted by Gasteiger charge is 2.26. The molecule has 3 N–H and O–H groups in total. The molecule has 1 heterocycles. The predicted octanol–water partition coefficient (Wildman–Crippen LogP) is 2.14. The van der Waals surface area contributed by atoms with Crippen molar-refractivity contribution in [3.05, 3.63) is 28.8 Å². The molecule has 0 saturated carbocycles. The van der Waals surface area contributed by atoms with Crippen LogP contribution in [0.1, 0.15) is 12.0 Å². The minimum Gasteiger partial charge on any atom is -0.337 e. The zero-order chi connectivity index (χ0) is 13.1. The van der Waals surface area contributed by atoms with Gasteiger partial charge in [0.25, 0.3) is 0 Å². The minimum absolute atomic E-state index is 0.0665. The van der Waals surface area contributed by atoms with Crippen molar-refractivity contribution in [1.29, 1.82) is 0 Å². The summed E-state index contributed by atoms with van der Waals surface area (Å²) in [6.45, 7) is 3.98. The highest BCUT2D eigenvalue weighted by molar-refractivity contribution is 6.31. The van der Waals surface area contributed by atoms with Gasteiger partial charge >= 0.3 is 6.03 Å². The van der Waals surface area contributed by atoms with E-state index in [9.17, 15) is 4.79 Å². The SMILES string of the molecule is Cc1ccc(N2CC(CCN)CNC2=O)cc1Cl. The molecule has 1 saturated heterocycles. The maximum Gasteiger partial charge on any atom is 0.321 e. The molecule has 5 heteroatoms. The van der Waals surface area contributed by atoms with E-state index >= 15 is 0 Å². The van der Waals surface area contributed by atoms with E-state index in [4.69, 9.17) is 17.3 Å². The molecule has 1 unspecified atom stereocenters. The Bertz CT molecular complexity index is 450. The zero-order valence-corrected chi connectivity index (χ0v) is 11.2. The van der Waals surface area contributed by atoms with Crippen molar-refractivity contribution in [1.82, 2.24) is 5.32 Å². The fourth-order valence-corrected chi connectivity index (χ4v) is 2.31. The Morgan fingerprint density at radius 3 is 3.00 bits per heavy atom. The molecular formula is C13H18ClN3O. The van der Waals surface area contributed by atoms with Gasteiger partial charge in [-0.3, -0.25) is 4.90 Å². The van der Waals surface area contributed by atoms with Crippen molar-refractivity contribution in [2.24, 2.45) is 11.7 Å². The molecule has 1 aliphatic heterocycles. The van der Waals surface area contributed by atoms with E-state index in [0.717, 1.165) is 17.7 Å². The molecule has 0 radical (unpaired) electrons. The van der Waals surface area contributed by atoms with Gasteiger partial charge in [-0.2, -0.15) is 0 Å². The molecule has 2 rings (SSSR count). The van der Waals surface area contributed by atoms with E-state index in [-0.39, 0.29) is 6.03 Å². The second kappa shape index (κ2) is 5.59.